The Morgan fingerprint density at radius 3 is 2.62 bits per heavy atom. The van der Waals surface area contributed by atoms with E-state index in [0.29, 0.717) is 12.4 Å². The fourth-order valence-corrected chi connectivity index (χ4v) is 4.68. The maximum atomic E-state index is 12.7. The summed E-state index contributed by atoms with van der Waals surface area (Å²) in [7, 11) is 0. The molecule has 3 heterocycles. The molecule has 0 radical (unpaired) electrons. The number of amides is 1. The molecule has 1 amide bonds. The summed E-state index contributed by atoms with van der Waals surface area (Å²) < 4.78 is 0. The summed E-state index contributed by atoms with van der Waals surface area (Å²) in [6.45, 7) is 4.34. The van der Waals surface area contributed by atoms with Gasteiger partial charge < -0.3 is 10.2 Å². The maximum absolute atomic E-state index is 12.7. The van der Waals surface area contributed by atoms with Gasteiger partial charge in [0.25, 0.3) is 0 Å². The highest BCUT2D eigenvalue weighted by molar-refractivity contribution is 5.79. The number of rotatable bonds is 5. The van der Waals surface area contributed by atoms with E-state index in [4.69, 9.17) is 9.97 Å². The van der Waals surface area contributed by atoms with Crippen LogP contribution in [0.25, 0.3) is 11.5 Å². The first-order valence-electron chi connectivity index (χ1n) is 11.6. The van der Waals surface area contributed by atoms with Crippen LogP contribution in [-0.4, -0.2) is 33.9 Å². The highest BCUT2D eigenvalue weighted by Gasteiger charge is 2.29. The Morgan fingerprint density at radius 2 is 1.88 bits per heavy atom. The number of pyridine rings is 1. The lowest BCUT2D eigenvalue weighted by Crippen LogP contribution is -2.41. The number of anilines is 1. The van der Waals surface area contributed by atoms with E-state index >= 15 is 0 Å². The Morgan fingerprint density at radius 1 is 1.06 bits per heavy atom. The van der Waals surface area contributed by atoms with Crippen LogP contribution >= 0.6 is 0 Å². The smallest absolute Gasteiger partial charge is 0.223 e. The second-order valence-corrected chi connectivity index (χ2v) is 8.83. The highest BCUT2D eigenvalue weighted by atomic mass is 16.1. The predicted octanol–water partition coefficient (Wildman–Crippen LogP) is 3.87. The first-order valence-corrected chi connectivity index (χ1v) is 11.6. The summed E-state index contributed by atoms with van der Waals surface area (Å²) in [6, 6.07) is 14.2. The zero-order valence-corrected chi connectivity index (χ0v) is 18.6. The Kier molecular flexibility index (Phi) is 5.84. The van der Waals surface area contributed by atoms with E-state index in [1.54, 1.807) is 6.20 Å². The molecule has 1 aromatic carbocycles. The quantitative estimate of drug-likeness (QED) is 0.669. The maximum Gasteiger partial charge on any atom is 0.223 e. The number of hydrogen-bond acceptors (Lipinski definition) is 5. The lowest BCUT2D eigenvalue weighted by molar-refractivity contribution is -0.125. The molecular formula is C26H29N5O. The molecule has 6 heteroatoms. The Hall–Kier alpha value is -3.28. The molecule has 1 saturated heterocycles. The fourth-order valence-electron chi connectivity index (χ4n) is 4.68. The molecule has 1 N–H and O–H groups in total. The van der Waals surface area contributed by atoms with Crippen LogP contribution in [0.1, 0.15) is 41.6 Å². The number of benzene rings is 1. The highest BCUT2D eigenvalue weighted by Crippen LogP contribution is 2.33. The molecule has 1 aliphatic carbocycles. The first kappa shape index (κ1) is 20.6. The van der Waals surface area contributed by atoms with E-state index in [-0.39, 0.29) is 11.8 Å². The zero-order valence-electron chi connectivity index (χ0n) is 18.6. The van der Waals surface area contributed by atoms with Crippen LogP contribution in [0.3, 0.4) is 0 Å². The number of piperidine rings is 1. The van der Waals surface area contributed by atoms with E-state index in [2.05, 4.69) is 46.4 Å². The number of nitrogens with zero attached hydrogens (tertiary/aromatic N) is 4. The van der Waals surface area contributed by atoms with Gasteiger partial charge in [-0.1, -0.05) is 35.9 Å². The Labute approximate surface area is 189 Å². The van der Waals surface area contributed by atoms with Crippen molar-refractivity contribution in [2.75, 3.05) is 18.0 Å². The van der Waals surface area contributed by atoms with Gasteiger partial charge in [0.1, 0.15) is 11.5 Å². The van der Waals surface area contributed by atoms with Crippen LogP contribution in [0.4, 0.5) is 5.82 Å². The predicted molar refractivity (Wildman–Crippen MR) is 125 cm³/mol. The van der Waals surface area contributed by atoms with Gasteiger partial charge in [0.2, 0.25) is 5.91 Å². The zero-order chi connectivity index (χ0) is 21.9. The summed E-state index contributed by atoms with van der Waals surface area (Å²) >= 11 is 0. The molecule has 6 nitrogen and oxygen atoms in total. The summed E-state index contributed by atoms with van der Waals surface area (Å²) in [5.41, 5.74) is 5.63. The van der Waals surface area contributed by atoms with Crippen LogP contribution < -0.4 is 10.2 Å². The fraction of sp³-hybridized carbons (Fsp3) is 0.385. The van der Waals surface area contributed by atoms with Gasteiger partial charge >= 0.3 is 0 Å². The minimum atomic E-state index is 0.0573. The van der Waals surface area contributed by atoms with Crippen molar-refractivity contribution in [1.82, 2.24) is 20.3 Å². The first-order chi connectivity index (χ1) is 15.7. The second kappa shape index (κ2) is 9.07. The monoisotopic (exact) mass is 427 g/mol. The molecule has 1 fully saturated rings. The number of aryl methyl sites for hydroxylation is 2. The van der Waals surface area contributed by atoms with Crippen LogP contribution in [-0.2, 0) is 24.2 Å². The number of fused-ring (bicyclic) bond motifs is 1. The molecule has 1 aliphatic heterocycles. The lowest BCUT2D eigenvalue weighted by atomic mass is 9.95. The summed E-state index contributed by atoms with van der Waals surface area (Å²) in [5, 5.41) is 3.12. The second-order valence-electron chi connectivity index (χ2n) is 8.83. The molecular weight excluding hydrogens is 398 g/mol. The number of carbonyl (C=O) groups is 1. The molecule has 0 unspecified atom stereocenters. The van der Waals surface area contributed by atoms with Gasteiger partial charge in [-0.25, -0.2) is 9.97 Å². The molecule has 2 aliphatic rings. The third-order valence-electron chi connectivity index (χ3n) is 6.56. The van der Waals surface area contributed by atoms with E-state index in [1.165, 1.54) is 11.1 Å². The number of carbonyl (C=O) groups excluding carboxylic acids is 1. The van der Waals surface area contributed by atoms with Crippen molar-refractivity contribution in [3.05, 3.63) is 71.0 Å². The third-order valence-corrected chi connectivity index (χ3v) is 6.56. The van der Waals surface area contributed by atoms with Gasteiger partial charge in [-0.05, 0) is 56.7 Å². The largest absolute Gasteiger partial charge is 0.356 e. The van der Waals surface area contributed by atoms with Gasteiger partial charge in [0.15, 0.2) is 5.82 Å². The van der Waals surface area contributed by atoms with E-state index in [9.17, 15) is 4.79 Å². The third kappa shape index (κ3) is 4.35. The van der Waals surface area contributed by atoms with Crippen LogP contribution in [0.15, 0.2) is 48.7 Å². The van der Waals surface area contributed by atoms with E-state index < -0.39 is 0 Å². The lowest BCUT2D eigenvalue weighted by Gasteiger charge is -2.33. The van der Waals surface area contributed by atoms with Gasteiger partial charge in [-0.2, -0.15) is 0 Å². The van der Waals surface area contributed by atoms with Gasteiger partial charge in [-0.15, -0.1) is 0 Å². The van der Waals surface area contributed by atoms with Gasteiger partial charge in [0, 0.05) is 43.0 Å². The number of hydrogen-bond donors (Lipinski definition) is 1. The normalized spacial score (nSPS) is 16.1. The SMILES string of the molecule is Cc1ccc(CNC(=O)C2CCN(c3nc(-c4ccccn4)nc4c3CCC4)CC2)cc1. The Bertz CT molecular complexity index is 1090. The van der Waals surface area contributed by atoms with E-state index in [1.807, 2.05) is 18.2 Å². The molecule has 2 aromatic heterocycles. The topological polar surface area (TPSA) is 71.0 Å². The van der Waals surface area contributed by atoms with Gasteiger partial charge in [0.05, 0.1) is 0 Å². The minimum absolute atomic E-state index is 0.0573. The molecule has 0 bridgehead atoms. The van der Waals surface area contributed by atoms with Crippen LogP contribution in [0, 0.1) is 12.8 Å². The molecule has 5 rings (SSSR count). The standard InChI is InChI=1S/C26H29N5O/c1-18-8-10-19(11-9-18)17-28-26(32)20-12-15-31(16-13-20)25-21-5-4-7-22(21)29-24(30-25)23-6-2-3-14-27-23/h2-3,6,8-11,14,20H,4-5,7,12-13,15-17H2,1H3,(H,28,32). The molecule has 32 heavy (non-hydrogen) atoms. The van der Waals surface area contributed by atoms with Crippen LogP contribution in [0.5, 0.6) is 0 Å². The number of aromatic nitrogens is 3. The average Bonchev–Trinajstić information content (AvgIpc) is 3.32. The summed E-state index contributed by atoms with van der Waals surface area (Å²) in [6.07, 6.45) is 6.63. The Balaban J connectivity index is 1.25. The van der Waals surface area contributed by atoms with Crippen molar-refractivity contribution in [3.63, 3.8) is 0 Å². The van der Waals surface area contributed by atoms with Crippen molar-refractivity contribution < 1.29 is 4.79 Å². The summed E-state index contributed by atoms with van der Waals surface area (Å²) in [4.78, 5) is 29.3. The van der Waals surface area contributed by atoms with Crippen molar-refractivity contribution in [1.29, 1.82) is 0 Å². The molecule has 3 aromatic rings. The van der Waals surface area contributed by atoms with Crippen LogP contribution in [0.2, 0.25) is 0 Å². The average molecular weight is 428 g/mol. The minimum Gasteiger partial charge on any atom is -0.356 e. The van der Waals surface area contributed by atoms with E-state index in [0.717, 1.165) is 68.0 Å². The van der Waals surface area contributed by atoms with Crippen molar-refractivity contribution in [2.24, 2.45) is 5.92 Å². The van der Waals surface area contributed by atoms with Crippen molar-refractivity contribution >= 4 is 11.7 Å². The number of nitrogens with one attached hydrogen (secondary N) is 1. The van der Waals surface area contributed by atoms with Crippen molar-refractivity contribution in [2.45, 2.75) is 45.6 Å². The summed E-state index contributed by atoms with van der Waals surface area (Å²) in [5.74, 6) is 1.97. The molecule has 164 valence electrons. The molecule has 0 spiro atoms. The molecule has 0 saturated carbocycles. The van der Waals surface area contributed by atoms with Crippen molar-refractivity contribution in [3.8, 4) is 11.5 Å². The van der Waals surface area contributed by atoms with Gasteiger partial charge in [-0.3, -0.25) is 9.78 Å². The molecule has 0 atom stereocenters.